The first-order valence-corrected chi connectivity index (χ1v) is 28.7. The minimum atomic E-state index is -2.91. The van der Waals surface area contributed by atoms with E-state index in [0.29, 0.717) is 42.5 Å². The molecule has 61 heavy (non-hydrogen) atoms. The van der Waals surface area contributed by atoms with E-state index in [9.17, 15) is 5.11 Å². The lowest BCUT2D eigenvalue weighted by atomic mass is 9.83. The highest BCUT2D eigenvalue weighted by Gasteiger charge is 2.57. The minimum absolute atomic E-state index is 0.127. The Morgan fingerprint density at radius 3 is 1.59 bits per heavy atom. The third-order valence-corrected chi connectivity index (χ3v) is 27.2. The molecule has 1 N–H and O–H groups in total. The number of aliphatic hydroxyl groups excluding tert-OH is 1. The van der Waals surface area contributed by atoms with Gasteiger partial charge >= 0.3 is 0 Å². The highest BCUT2D eigenvalue weighted by molar-refractivity contribution is 8.17. The number of rotatable bonds is 16. The van der Waals surface area contributed by atoms with Gasteiger partial charge in [-0.05, 0) is 88.4 Å². The second-order valence-electron chi connectivity index (χ2n) is 20.0. The van der Waals surface area contributed by atoms with Crippen molar-refractivity contribution < 1.29 is 23.4 Å². The van der Waals surface area contributed by atoms with Crippen molar-refractivity contribution in [2.75, 3.05) is 6.61 Å². The first kappa shape index (κ1) is 48.3. The van der Waals surface area contributed by atoms with Gasteiger partial charge in [0.15, 0.2) is 0 Å². The first-order chi connectivity index (χ1) is 29.0. The number of hydrogen-bond acceptors (Lipinski definition) is 7. The number of ether oxygens (including phenoxy) is 2. The summed E-state index contributed by atoms with van der Waals surface area (Å²) in [5.41, 5.74) is 0.429. The van der Waals surface area contributed by atoms with Crippen LogP contribution in [-0.4, -0.2) is 69.1 Å². The Morgan fingerprint density at radius 2 is 1.15 bits per heavy atom. The van der Waals surface area contributed by atoms with E-state index in [1.165, 1.54) is 20.2 Å². The topological polar surface area (TPSA) is 57.2 Å². The third-order valence-electron chi connectivity index (χ3n) is 13.5. The molecule has 0 saturated carbocycles. The Kier molecular flexibility index (Phi) is 16.4. The fourth-order valence-electron chi connectivity index (χ4n) is 10.6. The van der Waals surface area contributed by atoms with Crippen molar-refractivity contribution in [3.63, 3.8) is 0 Å². The molecule has 4 aromatic rings. The van der Waals surface area contributed by atoms with Gasteiger partial charge in [0.2, 0.25) is 8.32 Å². The first-order valence-electron chi connectivity index (χ1n) is 22.9. The number of hydrogen-bond donors (Lipinski definition) is 1. The SMILES string of the molecule is CC(C)[Si](O[C@@H]1C[C@@H]2O[C@H](CC(Sc3ccccc3)Sc3ccccc3)[C@@H](O)C[C@@H](C)C[C@H]2O[C@@]1(C)CO[Si](c1ccccc1)(c1ccccc1)C(C)(C)C)(C(C)C)C(C)C. The van der Waals surface area contributed by atoms with Gasteiger partial charge in [0.1, 0.15) is 5.60 Å². The van der Waals surface area contributed by atoms with E-state index in [1.54, 1.807) is 0 Å². The molecule has 2 fully saturated rings. The summed E-state index contributed by atoms with van der Waals surface area (Å²) < 4.78 is 30.7. The molecule has 0 amide bonds. The van der Waals surface area contributed by atoms with Gasteiger partial charge in [0, 0.05) is 16.2 Å². The maximum Gasteiger partial charge on any atom is 0.261 e. The van der Waals surface area contributed by atoms with Crippen LogP contribution in [0.4, 0.5) is 0 Å². The van der Waals surface area contributed by atoms with Gasteiger partial charge < -0.3 is 23.4 Å². The van der Waals surface area contributed by atoms with Crippen molar-refractivity contribution in [2.24, 2.45) is 5.92 Å². The van der Waals surface area contributed by atoms with Crippen molar-refractivity contribution in [3.05, 3.63) is 121 Å². The molecule has 9 heteroatoms. The second kappa shape index (κ2) is 20.8. The smallest absolute Gasteiger partial charge is 0.261 e. The number of thioether (sulfide) groups is 2. The zero-order valence-electron chi connectivity index (χ0n) is 38.8. The van der Waals surface area contributed by atoms with E-state index >= 15 is 0 Å². The summed E-state index contributed by atoms with van der Waals surface area (Å²) in [5.74, 6) is 0.241. The van der Waals surface area contributed by atoms with Crippen LogP contribution in [0.3, 0.4) is 0 Å². The lowest BCUT2D eigenvalue weighted by molar-refractivity contribution is -0.257. The zero-order valence-corrected chi connectivity index (χ0v) is 42.4. The number of benzene rings is 4. The van der Waals surface area contributed by atoms with E-state index in [2.05, 4.69) is 197 Å². The Labute approximate surface area is 379 Å². The Hall–Kier alpha value is -2.19. The third kappa shape index (κ3) is 11.0. The monoisotopic (exact) mass is 898 g/mol. The molecule has 0 spiro atoms. The number of aliphatic hydroxyl groups is 1. The summed E-state index contributed by atoms with van der Waals surface area (Å²) in [6.45, 7) is 26.2. The fraction of sp³-hybridized carbons (Fsp3) is 0.538. The molecule has 6 rings (SSSR count). The van der Waals surface area contributed by atoms with Crippen LogP contribution in [0.1, 0.15) is 102 Å². The lowest BCUT2D eigenvalue weighted by Crippen LogP contribution is -2.70. The molecule has 4 aromatic carbocycles. The molecule has 0 radical (unpaired) electrons. The molecule has 2 aliphatic heterocycles. The van der Waals surface area contributed by atoms with Gasteiger partial charge in [-0.15, -0.1) is 23.5 Å². The van der Waals surface area contributed by atoms with Crippen LogP contribution in [-0.2, 0) is 18.3 Å². The molecule has 0 bridgehead atoms. The Balaban J connectivity index is 1.39. The molecule has 2 saturated heterocycles. The second-order valence-corrected chi connectivity index (χ2v) is 32.5. The molecular formula is C52H74O5S2Si2. The largest absolute Gasteiger partial charge is 0.410 e. The van der Waals surface area contributed by atoms with Crippen molar-refractivity contribution in [1.29, 1.82) is 0 Å². The van der Waals surface area contributed by atoms with E-state index < -0.39 is 28.3 Å². The van der Waals surface area contributed by atoms with Gasteiger partial charge in [-0.1, -0.05) is 166 Å². The lowest BCUT2D eigenvalue weighted by Gasteiger charge is -2.55. The van der Waals surface area contributed by atoms with Crippen molar-refractivity contribution >= 4 is 50.5 Å². The van der Waals surface area contributed by atoms with Crippen molar-refractivity contribution in [2.45, 2.75) is 174 Å². The summed E-state index contributed by atoms with van der Waals surface area (Å²) >= 11 is 3.71. The Morgan fingerprint density at radius 1 is 0.689 bits per heavy atom. The standard InChI is InChI=1S/C52H74O5S2Si2/c1-37(2)60(38(3)4,39(5)6)57-49-34-47-48(56-52(49,11)36-54-61(51(8,9)10,43-28-20-14-21-29-43)44-30-22-15-23-31-44)33-40(7)32-45(53)46(55-47)35-50(58-41-24-16-12-17-25-41)59-42-26-18-13-19-27-42/h12-31,37-40,45-50,53H,32-36H2,1-11H3/t40-,45+,46-,47+,48-,49-,52+/m1/s1. The molecule has 0 aromatic heterocycles. The van der Waals surface area contributed by atoms with E-state index in [-0.39, 0.29) is 40.0 Å². The van der Waals surface area contributed by atoms with Gasteiger partial charge in [-0.3, -0.25) is 0 Å². The van der Waals surface area contributed by atoms with Crippen LogP contribution < -0.4 is 10.4 Å². The van der Waals surface area contributed by atoms with Gasteiger partial charge in [-0.2, -0.15) is 0 Å². The quantitative estimate of drug-likeness (QED) is 0.0683. The molecule has 2 heterocycles. The maximum absolute atomic E-state index is 12.0. The van der Waals surface area contributed by atoms with Crippen LogP contribution in [0.15, 0.2) is 131 Å². The van der Waals surface area contributed by atoms with Crippen LogP contribution >= 0.6 is 23.5 Å². The van der Waals surface area contributed by atoms with E-state index in [0.717, 1.165) is 6.42 Å². The molecular weight excluding hydrogens is 825 g/mol. The Bertz CT molecular complexity index is 1810. The summed E-state index contributed by atoms with van der Waals surface area (Å²) in [6, 6.07) is 43.1. The summed E-state index contributed by atoms with van der Waals surface area (Å²) in [4.78, 5) is 2.43. The molecule has 332 valence electrons. The normalized spacial score (nSPS) is 25.4. The summed E-state index contributed by atoms with van der Waals surface area (Å²) in [7, 11) is -5.32. The van der Waals surface area contributed by atoms with Crippen molar-refractivity contribution in [3.8, 4) is 0 Å². The highest BCUT2D eigenvalue weighted by Crippen LogP contribution is 2.49. The van der Waals surface area contributed by atoms with Crippen molar-refractivity contribution in [1.82, 2.24) is 0 Å². The van der Waals surface area contributed by atoms with Crippen LogP contribution in [0.5, 0.6) is 0 Å². The van der Waals surface area contributed by atoms with E-state index in [4.69, 9.17) is 18.3 Å². The molecule has 2 aliphatic rings. The fourth-order valence-corrected chi connectivity index (χ4v) is 23.6. The molecule has 0 unspecified atom stereocenters. The van der Waals surface area contributed by atoms with Crippen LogP contribution in [0, 0.1) is 5.92 Å². The maximum atomic E-state index is 12.0. The summed E-state index contributed by atoms with van der Waals surface area (Å²) in [5, 5.41) is 14.4. The summed E-state index contributed by atoms with van der Waals surface area (Å²) in [6.07, 6.45) is 1.20. The predicted molar refractivity (Wildman–Crippen MR) is 263 cm³/mol. The average Bonchev–Trinajstić information content (AvgIpc) is 3.21. The molecule has 5 nitrogen and oxygen atoms in total. The molecule has 0 aliphatic carbocycles. The van der Waals surface area contributed by atoms with Gasteiger partial charge in [0.05, 0.1) is 41.7 Å². The number of fused-ring (bicyclic) bond motifs is 1. The van der Waals surface area contributed by atoms with Crippen LogP contribution in [0.25, 0.3) is 0 Å². The van der Waals surface area contributed by atoms with Crippen LogP contribution in [0.2, 0.25) is 21.7 Å². The highest BCUT2D eigenvalue weighted by atomic mass is 32.2. The van der Waals surface area contributed by atoms with Gasteiger partial charge in [-0.25, -0.2) is 0 Å². The predicted octanol–water partition coefficient (Wildman–Crippen LogP) is 12.5. The minimum Gasteiger partial charge on any atom is -0.410 e. The average molecular weight is 899 g/mol. The van der Waals surface area contributed by atoms with Gasteiger partial charge in [0.25, 0.3) is 8.32 Å². The van der Waals surface area contributed by atoms with E-state index in [1.807, 2.05) is 23.5 Å². The molecule has 7 atom stereocenters. The zero-order chi connectivity index (χ0) is 44.0.